The summed E-state index contributed by atoms with van der Waals surface area (Å²) in [4.78, 5) is 31.4. The van der Waals surface area contributed by atoms with Crippen LogP contribution in [0.15, 0.2) is 30.5 Å². The highest BCUT2D eigenvalue weighted by atomic mass is 35.5. The van der Waals surface area contributed by atoms with Crippen molar-refractivity contribution in [3.05, 3.63) is 52.6 Å². The van der Waals surface area contributed by atoms with E-state index < -0.39 is 31.9 Å². The van der Waals surface area contributed by atoms with Gasteiger partial charge in [-0.3, -0.25) is 9.59 Å². The molecule has 0 saturated heterocycles. The number of hydrogen-bond acceptors (Lipinski definition) is 5. The van der Waals surface area contributed by atoms with Gasteiger partial charge in [0, 0.05) is 31.2 Å². The third-order valence-corrected chi connectivity index (χ3v) is 10.6. The lowest BCUT2D eigenvalue weighted by atomic mass is 10.2. The van der Waals surface area contributed by atoms with Crippen molar-refractivity contribution in [2.24, 2.45) is 0 Å². The molecule has 2 fully saturated rings. The number of hydrogen-bond donors (Lipinski definition) is 1. The van der Waals surface area contributed by atoms with Gasteiger partial charge in [-0.15, -0.1) is 0 Å². The molecule has 2 aromatic rings. The number of sulfone groups is 1. The summed E-state index contributed by atoms with van der Waals surface area (Å²) in [5, 5.41) is 3.39. The first-order valence-corrected chi connectivity index (χ1v) is 12.8. The maximum absolute atomic E-state index is 13.5. The molecule has 176 valence electrons. The predicted molar refractivity (Wildman–Crippen MR) is 120 cm³/mol. The number of halogens is 2. The first kappa shape index (κ1) is 22.3. The van der Waals surface area contributed by atoms with E-state index >= 15 is 0 Å². The van der Waals surface area contributed by atoms with Gasteiger partial charge in [-0.1, -0.05) is 23.7 Å². The fourth-order valence-electron chi connectivity index (χ4n) is 4.52. The summed E-state index contributed by atoms with van der Waals surface area (Å²) in [6.45, 7) is 0.0646. The van der Waals surface area contributed by atoms with Crippen molar-refractivity contribution in [3.8, 4) is 0 Å². The fraction of sp³-hybridized carbons (Fsp3) is 0.500. The zero-order chi connectivity index (χ0) is 23.4. The Morgan fingerprint density at radius 2 is 1.79 bits per heavy atom. The van der Waals surface area contributed by atoms with Crippen LogP contribution in [0.4, 0.5) is 4.39 Å². The molecule has 1 N–H and O–H groups in total. The highest BCUT2D eigenvalue weighted by Crippen LogP contribution is 2.57. The molecule has 2 heterocycles. The van der Waals surface area contributed by atoms with Crippen LogP contribution in [0, 0.1) is 0 Å². The predicted octanol–water partition coefficient (Wildman–Crippen LogP) is 2.37. The van der Waals surface area contributed by atoms with E-state index in [1.165, 1.54) is 11.1 Å². The number of alkyl halides is 1. The molecule has 0 unspecified atom stereocenters. The van der Waals surface area contributed by atoms with E-state index in [0.29, 0.717) is 37.3 Å². The molecule has 8 nitrogen and oxygen atoms in total. The monoisotopic (exact) mass is 494 g/mol. The Morgan fingerprint density at radius 3 is 2.39 bits per heavy atom. The Labute approximate surface area is 196 Å². The Morgan fingerprint density at radius 1 is 1.12 bits per heavy atom. The van der Waals surface area contributed by atoms with Gasteiger partial charge in [-0.2, -0.15) is 0 Å². The second kappa shape index (κ2) is 7.80. The molecule has 2 amide bonds. The summed E-state index contributed by atoms with van der Waals surface area (Å²) in [6, 6.07) is 7.08. The van der Waals surface area contributed by atoms with Crippen molar-refractivity contribution in [2.45, 2.75) is 48.3 Å². The second-order valence-electron chi connectivity index (χ2n) is 9.16. The van der Waals surface area contributed by atoms with E-state index in [1.54, 1.807) is 16.7 Å². The molecular formula is C22H24ClFN4O4S. The second-order valence-corrected chi connectivity index (χ2v) is 12.3. The molecule has 0 bridgehead atoms. The van der Waals surface area contributed by atoms with E-state index in [2.05, 4.69) is 10.3 Å². The molecule has 1 aliphatic heterocycles. The zero-order valence-electron chi connectivity index (χ0n) is 17.9. The first-order valence-electron chi connectivity index (χ1n) is 10.9. The van der Waals surface area contributed by atoms with Crippen LogP contribution in [0.1, 0.15) is 52.4 Å². The number of carbonyl (C=O) groups is 2. The Hall–Kier alpha value is -2.46. The van der Waals surface area contributed by atoms with Crippen LogP contribution in [-0.2, 0) is 22.9 Å². The van der Waals surface area contributed by atoms with Crippen LogP contribution in [-0.4, -0.2) is 63.9 Å². The van der Waals surface area contributed by atoms with Crippen LogP contribution in [0.5, 0.6) is 0 Å². The normalized spacial score (nSPS) is 20.3. The number of imidazole rings is 1. The number of nitrogens with one attached hydrogen (secondary N) is 1. The molecule has 3 aliphatic rings. The number of carbonyl (C=O) groups excluding carboxylic acids is 2. The van der Waals surface area contributed by atoms with E-state index in [1.807, 2.05) is 12.1 Å². The molecule has 2 saturated carbocycles. The average molecular weight is 495 g/mol. The van der Waals surface area contributed by atoms with Gasteiger partial charge in [0.15, 0.2) is 15.7 Å². The number of nitrogens with zero attached hydrogens (tertiary/aromatic N) is 3. The van der Waals surface area contributed by atoms with Gasteiger partial charge in [0.1, 0.15) is 17.1 Å². The van der Waals surface area contributed by atoms with E-state index in [-0.39, 0.29) is 37.1 Å². The van der Waals surface area contributed by atoms with Gasteiger partial charge in [-0.05, 0) is 43.4 Å². The van der Waals surface area contributed by atoms with Crippen LogP contribution < -0.4 is 5.32 Å². The average Bonchev–Trinajstić information content (AvgIpc) is 3.72. The summed E-state index contributed by atoms with van der Waals surface area (Å²) in [6.07, 6.45) is 2.94. The van der Waals surface area contributed by atoms with Gasteiger partial charge in [0.25, 0.3) is 11.8 Å². The molecule has 5 rings (SSSR count). The summed E-state index contributed by atoms with van der Waals surface area (Å²) < 4.78 is 39.0. The Balaban J connectivity index is 1.28. The summed E-state index contributed by atoms with van der Waals surface area (Å²) in [5.41, 5.74) is 1.12. The molecule has 1 aromatic carbocycles. The molecule has 0 atom stereocenters. The van der Waals surface area contributed by atoms with Crippen molar-refractivity contribution in [3.63, 3.8) is 0 Å². The smallest absolute Gasteiger partial charge is 0.287 e. The summed E-state index contributed by atoms with van der Waals surface area (Å²) in [7, 11) is -3.67. The number of benzene rings is 1. The van der Waals surface area contributed by atoms with Gasteiger partial charge in [0.05, 0.1) is 10.9 Å². The topological polar surface area (TPSA) is 101 Å². The van der Waals surface area contributed by atoms with Crippen LogP contribution in [0.25, 0.3) is 0 Å². The maximum Gasteiger partial charge on any atom is 0.287 e. The molecule has 11 heteroatoms. The number of rotatable bonds is 8. The van der Waals surface area contributed by atoms with Crippen LogP contribution in [0.3, 0.4) is 0 Å². The standard InChI is InChI=1S/C22H24ClFN4O4S/c23-16-3-1-15(2-4-16)11-26-19(29)18-25-12-17-20(30)27(9-10-28(17)18)14-22(7-8-22)33(31,32)21(13-24)5-6-21/h1-4,12H,5-11,13-14H2,(H,26,29). The van der Waals surface area contributed by atoms with Crippen molar-refractivity contribution >= 4 is 33.3 Å². The van der Waals surface area contributed by atoms with Crippen molar-refractivity contribution in [1.82, 2.24) is 19.8 Å². The van der Waals surface area contributed by atoms with Gasteiger partial charge in [0.2, 0.25) is 0 Å². The maximum atomic E-state index is 13.5. The lowest BCUT2D eigenvalue weighted by molar-refractivity contribution is 0.0698. The van der Waals surface area contributed by atoms with E-state index in [9.17, 15) is 22.4 Å². The summed E-state index contributed by atoms with van der Waals surface area (Å²) >= 11 is 5.88. The molecule has 2 aliphatic carbocycles. The SMILES string of the molecule is O=C(NCc1ccc(Cl)cc1)c1ncc2n1CCN(CC1(S(=O)(=O)C3(CF)CC3)CC1)C2=O. The van der Waals surface area contributed by atoms with Crippen molar-refractivity contribution < 1.29 is 22.4 Å². The number of amides is 2. The highest BCUT2D eigenvalue weighted by Gasteiger charge is 2.68. The third-order valence-electron chi connectivity index (χ3n) is 7.00. The molecule has 1 aromatic heterocycles. The van der Waals surface area contributed by atoms with E-state index in [4.69, 9.17) is 11.6 Å². The first-order chi connectivity index (χ1) is 15.7. The minimum Gasteiger partial charge on any atom is -0.345 e. The quantitative estimate of drug-likeness (QED) is 0.607. The van der Waals surface area contributed by atoms with Crippen molar-refractivity contribution in [1.29, 1.82) is 0 Å². The Kier molecular flexibility index (Phi) is 5.28. The van der Waals surface area contributed by atoms with Gasteiger partial charge < -0.3 is 14.8 Å². The Bertz CT molecular complexity index is 1220. The third kappa shape index (κ3) is 3.63. The zero-order valence-corrected chi connectivity index (χ0v) is 19.5. The largest absolute Gasteiger partial charge is 0.345 e. The molecular weight excluding hydrogens is 471 g/mol. The van der Waals surface area contributed by atoms with Gasteiger partial charge >= 0.3 is 0 Å². The summed E-state index contributed by atoms with van der Waals surface area (Å²) in [5.74, 6) is -0.635. The van der Waals surface area contributed by atoms with Crippen molar-refractivity contribution in [2.75, 3.05) is 19.8 Å². The van der Waals surface area contributed by atoms with E-state index in [0.717, 1.165) is 5.56 Å². The minimum atomic E-state index is -3.67. The molecule has 33 heavy (non-hydrogen) atoms. The van der Waals surface area contributed by atoms with Crippen LogP contribution >= 0.6 is 11.6 Å². The van der Waals surface area contributed by atoms with Crippen LogP contribution in [0.2, 0.25) is 5.02 Å². The minimum absolute atomic E-state index is 0.0548. The molecule has 0 spiro atoms. The number of fused-ring (bicyclic) bond motifs is 1. The van der Waals surface area contributed by atoms with Gasteiger partial charge in [-0.25, -0.2) is 17.8 Å². The number of aromatic nitrogens is 2. The highest BCUT2D eigenvalue weighted by molar-refractivity contribution is 7.94. The molecule has 0 radical (unpaired) electrons. The lowest BCUT2D eigenvalue weighted by Gasteiger charge is -2.33. The lowest BCUT2D eigenvalue weighted by Crippen LogP contribution is -2.49. The fourth-order valence-corrected chi connectivity index (χ4v) is 7.32.